The second-order valence-electron chi connectivity index (χ2n) is 5.92. The summed E-state index contributed by atoms with van der Waals surface area (Å²) in [4.78, 5) is 14.1. The Hall–Kier alpha value is -1.32. The fourth-order valence-electron chi connectivity index (χ4n) is 2.99. The highest BCUT2D eigenvalue weighted by molar-refractivity contribution is 6.30. The molecule has 1 aromatic rings. The van der Waals surface area contributed by atoms with Gasteiger partial charge >= 0.3 is 0 Å². The Morgan fingerprint density at radius 2 is 1.95 bits per heavy atom. The summed E-state index contributed by atoms with van der Waals surface area (Å²) >= 11 is 5.88. The molecule has 0 saturated carbocycles. The number of rotatable bonds is 4. The molecule has 2 rings (SSSR count). The summed E-state index contributed by atoms with van der Waals surface area (Å²) in [6.45, 7) is 5.33. The largest absolute Gasteiger partial charge is 0.388 e. The number of benzene rings is 1. The van der Waals surface area contributed by atoms with Crippen molar-refractivity contribution in [3.63, 3.8) is 0 Å². The predicted molar refractivity (Wildman–Crippen MR) is 89.8 cm³/mol. The Bertz CT molecular complexity index is 531. The molecule has 0 spiro atoms. The SMILES string of the molecule is CCC=C(C)C(=O)N1CCC(C(O)c2ccc(Cl)cc2)CC1. The summed E-state index contributed by atoms with van der Waals surface area (Å²) in [6.07, 6.45) is 4.02. The van der Waals surface area contributed by atoms with E-state index in [-0.39, 0.29) is 11.8 Å². The quantitative estimate of drug-likeness (QED) is 0.852. The molecular weight excluding hydrogens is 298 g/mol. The van der Waals surface area contributed by atoms with Crippen LogP contribution in [-0.4, -0.2) is 29.0 Å². The van der Waals surface area contributed by atoms with E-state index in [1.165, 1.54) is 0 Å². The van der Waals surface area contributed by atoms with Crippen LogP contribution in [0.3, 0.4) is 0 Å². The van der Waals surface area contributed by atoms with Gasteiger partial charge in [-0.2, -0.15) is 0 Å². The van der Waals surface area contributed by atoms with Crippen LogP contribution in [0.15, 0.2) is 35.9 Å². The lowest BCUT2D eigenvalue weighted by molar-refractivity contribution is -0.129. The van der Waals surface area contributed by atoms with Gasteiger partial charge in [0, 0.05) is 23.7 Å². The molecule has 1 saturated heterocycles. The molecule has 1 aliphatic rings. The van der Waals surface area contributed by atoms with Gasteiger partial charge in [0.2, 0.25) is 5.91 Å². The molecule has 0 aliphatic carbocycles. The summed E-state index contributed by atoms with van der Waals surface area (Å²) in [5.41, 5.74) is 1.72. The van der Waals surface area contributed by atoms with Gasteiger partial charge in [-0.25, -0.2) is 0 Å². The van der Waals surface area contributed by atoms with Gasteiger partial charge < -0.3 is 10.0 Å². The molecule has 1 fully saturated rings. The molecule has 0 radical (unpaired) electrons. The number of carbonyl (C=O) groups is 1. The Morgan fingerprint density at radius 1 is 1.36 bits per heavy atom. The molecule has 0 aromatic heterocycles. The third-order valence-electron chi connectivity index (χ3n) is 4.33. The minimum absolute atomic E-state index is 0.126. The van der Waals surface area contributed by atoms with Crippen molar-refractivity contribution in [2.75, 3.05) is 13.1 Å². The number of allylic oxidation sites excluding steroid dienone is 1. The topological polar surface area (TPSA) is 40.5 Å². The Kier molecular flexibility index (Phi) is 6.04. The third kappa shape index (κ3) is 4.11. The molecule has 1 aliphatic heterocycles. The van der Waals surface area contributed by atoms with E-state index in [1.54, 1.807) is 12.1 Å². The van der Waals surface area contributed by atoms with Crippen LogP contribution in [0.1, 0.15) is 44.8 Å². The highest BCUT2D eigenvalue weighted by Gasteiger charge is 2.28. The van der Waals surface area contributed by atoms with Crippen LogP contribution >= 0.6 is 11.6 Å². The predicted octanol–water partition coefficient (Wildman–Crippen LogP) is 3.97. The van der Waals surface area contributed by atoms with Gasteiger partial charge in [-0.1, -0.05) is 36.7 Å². The van der Waals surface area contributed by atoms with E-state index in [1.807, 2.05) is 37.0 Å². The van der Waals surface area contributed by atoms with Gasteiger partial charge in [0.1, 0.15) is 0 Å². The maximum atomic E-state index is 12.3. The van der Waals surface area contributed by atoms with Crippen LogP contribution in [0.4, 0.5) is 0 Å². The van der Waals surface area contributed by atoms with Crippen LogP contribution in [0.25, 0.3) is 0 Å². The maximum Gasteiger partial charge on any atom is 0.249 e. The molecule has 22 heavy (non-hydrogen) atoms. The lowest BCUT2D eigenvalue weighted by Gasteiger charge is -2.34. The number of aliphatic hydroxyl groups excluding tert-OH is 1. The van der Waals surface area contributed by atoms with Crippen LogP contribution in [0, 0.1) is 5.92 Å². The van der Waals surface area contributed by atoms with Crippen LogP contribution < -0.4 is 0 Å². The number of hydrogen-bond donors (Lipinski definition) is 1. The smallest absolute Gasteiger partial charge is 0.249 e. The van der Waals surface area contributed by atoms with E-state index >= 15 is 0 Å². The van der Waals surface area contributed by atoms with Gasteiger partial charge in [-0.15, -0.1) is 0 Å². The molecule has 4 heteroatoms. The summed E-state index contributed by atoms with van der Waals surface area (Å²) in [7, 11) is 0. The molecule has 1 heterocycles. The molecule has 3 nitrogen and oxygen atoms in total. The third-order valence-corrected chi connectivity index (χ3v) is 4.58. The maximum absolute atomic E-state index is 12.3. The zero-order valence-corrected chi connectivity index (χ0v) is 14.0. The average Bonchev–Trinajstić information content (AvgIpc) is 2.54. The number of piperidine rings is 1. The molecule has 1 amide bonds. The first-order chi connectivity index (χ1) is 10.5. The van der Waals surface area contributed by atoms with Crippen molar-refractivity contribution in [1.29, 1.82) is 0 Å². The fraction of sp³-hybridized carbons (Fsp3) is 0.500. The normalized spacial score (nSPS) is 18.4. The number of nitrogens with zero attached hydrogens (tertiary/aromatic N) is 1. The van der Waals surface area contributed by atoms with Crippen molar-refractivity contribution in [3.8, 4) is 0 Å². The highest BCUT2D eigenvalue weighted by Crippen LogP contribution is 2.31. The Morgan fingerprint density at radius 3 is 2.50 bits per heavy atom. The monoisotopic (exact) mass is 321 g/mol. The fourth-order valence-corrected chi connectivity index (χ4v) is 3.12. The van der Waals surface area contributed by atoms with E-state index < -0.39 is 6.10 Å². The summed E-state index contributed by atoms with van der Waals surface area (Å²) < 4.78 is 0. The zero-order valence-electron chi connectivity index (χ0n) is 13.3. The molecule has 1 unspecified atom stereocenters. The molecule has 1 N–H and O–H groups in total. The number of hydrogen-bond acceptors (Lipinski definition) is 2. The highest BCUT2D eigenvalue weighted by atomic mass is 35.5. The summed E-state index contributed by atoms with van der Waals surface area (Å²) in [6, 6.07) is 7.35. The lowest BCUT2D eigenvalue weighted by atomic mass is 9.87. The summed E-state index contributed by atoms with van der Waals surface area (Å²) in [5, 5.41) is 11.2. The first-order valence-electron chi connectivity index (χ1n) is 7.92. The van der Waals surface area contributed by atoms with E-state index in [0.717, 1.165) is 30.4 Å². The van der Waals surface area contributed by atoms with Gasteiger partial charge in [0.05, 0.1) is 6.10 Å². The lowest BCUT2D eigenvalue weighted by Crippen LogP contribution is -2.40. The number of halogens is 1. The minimum atomic E-state index is -0.484. The summed E-state index contributed by atoms with van der Waals surface area (Å²) in [5.74, 6) is 0.321. The number of likely N-dealkylation sites (tertiary alicyclic amines) is 1. The van der Waals surface area contributed by atoms with Gasteiger partial charge in [-0.3, -0.25) is 4.79 Å². The van der Waals surface area contributed by atoms with Crippen molar-refractivity contribution < 1.29 is 9.90 Å². The van der Waals surface area contributed by atoms with Crippen LogP contribution in [-0.2, 0) is 4.79 Å². The van der Waals surface area contributed by atoms with Crippen LogP contribution in [0.2, 0.25) is 5.02 Å². The average molecular weight is 322 g/mol. The van der Waals surface area contributed by atoms with Crippen molar-refractivity contribution in [3.05, 3.63) is 46.5 Å². The standard InChI is InChI=1S/C18H24ClNO2/c1-3-4-13(2)18(22)20-11-9-15(10-12-20)17(21)14-5-7-16(19)8-6-14/h4-8,15,17,21H,3,9-12H2,1-2H3. The van der Waals surface area contributed by atoms with Crippen molar-refractivity contribution in [2.45, 2.75) is 39.2 Å². The number of amides is 1. The molecule has 1 atom stereocenters. The molecule has 0 bridgehead atoms. The second kappa shape index (κ2) is 7.80. The molecular formula is C18H24ClNO2. The number of carbonyl (C=O) groups excluding carboxylic acids is 1. The number of aliphatic hydroxyl groups is 1. The Balaban J connectivity index is 1.93. The Labute approximate surface area is 137 Å². The minimum Gasteiger partial charge on any atom is -0.388 e. The van der Waals surface area contributed by atoms with E-state index in [0.29, 0.717) is 18.1 Å². The van der Waals surface area contributed by atoms with Gasteiger partial charge in [-0.05, 0) is 49.8 Å². The van der Waals surface area contributed by atoms with E-state index in [9.17, 15) is 9.90 Å². The second-order valence-corrected chi connectivity index (χ2v) is 6.36. The van der Waals surface area contributed by atoms with Crippen molar-refractivity contribution in [2.24, 2.45) is 5.92 Å². The van der Waals surface area contributed by atoms with Gasteiger partial charge in [0.25, 0.3) is 0 Å². The van der Waals surface area contributed by atoms with Crippen LogP contribution in [0.5, 0.6) is 0 Å². The van der Waals surface area contributed by atoms with Gasteiger partial charge in [0.15, 0.2) is 0 Å². The first kappa shape index (κ1) is 17.0. The zero-order chi connectivity index (χ0) is 16.1. The van der Waals surface area contributed by atoms with E-state index in [4.69, 9.17) is 11.6 Å². The molecule has 1 aromatic carbocycles. The van der Waals surface area contributed by atoms with Crippen molar-refractivity contribution in [1.82, 2.24) is 4.90 Å². The first-order valence-corrected chi connectivity index (χ1v) is 8.30. The van der Waals surface area contributed by atoms with E-state index in [2.05, 4.69) is 0 Å². The van der Waals surface area contributed by atoms with Crippen molar-refractivity contribution >= 4 is 17.5 Å². The molecule has 120 valence electrons.